The largest absolute Gasteiger partial charge is 0.348 e. The molecule has 1 N–H and O–H groups in total. The number of nitrogens with zero attached hydrogens (tertiary/aromatic N) is 2. The molecule has 0 fully saturated rings. The van der Waals surface area contributed by atoms with E-state index >= 15 is 0 Å². The molecule has 102 valence electrons. The molecule has 20 heavy (non-hydrogen) atoms. The van der Waals surface area contributed by atoms with Crippen molar-refractivity contribution in [2.75, 3.05) is 0 Å². The number of amides is 1. The van der Waals surface area contributed by atoms with E-state index in [-0.39, 0.29) is 17.3 Å². The summed E-state index contributed by atoms with van der Waals surface area (Å²) < 4.78 is 0. The number of carbonyl (C=O) groups excluding carboxylic acids is 1. The minimum Gasteiger partial charge on any atom is -0.348 e. The summed E-state index contributed by atoms with van der Waals surface area (Å²) in [6.07, 6.45) is 1.26. The molecule has 0 spiro atoms. The molecule has 1 amide bonds. The summed E-state index contributed by atoms with van der Waals surface area (Å²) in [7, 11) is 0. The molecular formula is C13H10ClN3O3. The Bertz CT molecular complexity index is 647. The molecule has 1 aromatic carbocycles. The predicted octanol–water partition coefficient (Wildman–Crippen LogP) is 2.57. The second-order valence-corrected chi connectivity index (χ2v) is 4.28. The Morgan fingerprint density at radius 1 is 1.30 bits per heavy atom. The van der Waals surface area contributed by atoms with E-state index in [0.29, 0.717) is 0 Å². The van der Waals surface area contributed by atoms with Crippen LogP contribution in [0.15, 0.2) is 42.6 Å². The number of carbonyl (C=O) groups is 1. The van der Waals surface area contributed by atoms with E-state index in [1.165, 1.54) is 12.3 Å². The van der Waals surface area contributed by atoms with Gasteiger partial charge in [-0.3, -0.25) is 14.9 Å². The first-order valence-corrected chi connectivity index (χ1v) is 6.08. The van der Waals surface area contributed by atoms with Crippen molar-refractivity contribution in [3.8, 4) is 0 Å². The summed E-state index contributed by atoms with van der Waals surface area (Å²) in [6, 6.07) is 10.5. The van der Waals surface area contributed by atoms with E-state index in [1.54, 1.807) is 0 Å². The lowest BCUT2D eigenvalue weighted by atomic mass is 10.2. The van der Waals surface area contributed by atoms with Crippen LogP contribution in [0.25, 0.3) is 0 Å². The van der Waals surface area contributed by atoms with Crippen molar-refractivity contribution in [2.24, 2.45) is 0 Å². The molecule has 6 nitrogen and oxygen atoms in total. The molecule has 0 unspecified atom stereocenters. The zero-order valence-corrected chi connectivity index (χ0v) is 11.0. The van der Waals surface area contributed by atoms with Gasteiger partial charge >= 0.3 is 5.69 Å². The maximum absolute atomic E-state index is 12.0. The minimum atomic E-state index is -0.716. The third kappa shape index (κ3) is 3.10. The quantitative estimate of drug-likeness (QED) is 0.533. The Hall–Kier alpha value is -2.47. The van der Waals surface area contributed by atoms with Gasteiger partial charge in [-0.2, -0.15) is 0 Å². The van der Waals surface area contributed by atoms with Gasteiger partial charge in [0.15, 0.2) is 0 Å². The van der Waals surface area contributed by atoms with Crippen molar-refractivity contribution in [1.29, 1.82) is 0 Å². The molecule has 1 aromatic heterocycles. The van der Waals surface area contributed by atoms with Gasteiger partial charge in [-0.1, -0.05) is 41.9 Å². The van der Waals surface area contributed by atoms with Crippen LogP contribution in [-0.4, -0.2) is 15.8 Å². The van der Waals surface area contributed by atoms with Crippen molar-refractivity contribution in [3.05, 3.63) is 69.0 Å². The van der Waals surface area contributed by atoms with E-state index in [4.69, 9.17) is 11.6 Å². The van der Waals surface area contributed by atoms with Crippen molar-refractivity contribution >= 4 is 23.2 Å². The van der Waals surface area contributed by atoms with Crippen LogP contribution in [0.3, 0.4) is 0 Å². The number of benzene rings is 1. The highest BCUT2D eigenvalue weighted by molar-refractivity contribution is 6.32. The fourth-order valence-corrected chi connectivity index (χ4v) is 1.89. The third-order valence-corrected chi connectivity index (χ3v) is 2.88. The number of nitro groups is 1. The Labute approximate surface area is 119 Å². The maximum atomic E-state index is 12.0. The maximum Gasteiger partial charge on any atom is 0.319 e. The average molecular weight is 292 g/mol. The van der Waals surface area contributed by atoms with Gasteiger partial charge < -0.3 is 5.32 Å². The second kappa shape index (κ2) is 6.12. The van der Waals surface area contributed by atoms with Gasteiger partial charge in [0.2, 0.25) is 5.15 Å². The molecule has 0 saturated carbocycles. The van der Waals surface area contributed by atoms with Gasteiger partial charge in [0, 0.05) is 12.7 Å². The van der Waals surface area contributed by atoms with Gasteiger partial charge in [0.05, 0.1) is 4.92 Å². The highest BCUT2D eigenvalue weighted by Gasteiger charge is 2.24. The van der Waals surface area contributed by atoms with Crippen LogP contribution in [0.1, 0.15) is 15.9 Å². The molecule has 7 heteroatoms. The molecule has 0 saturated heterocycles. The SMILES string of the molecule is O=C(NCc1ccccc1)c1ccnc(Cl)c1[N+](=O)[O-]. The average Bonchev–Trinajstić information content (AvgIpc) is 2.45. The number of hydrogen-bond acceptors (Lipinski definition) is 4. The summed E-state index contributed by atoms with van der Waals surface area (Å²) in [5.41, 5.74) is 0.300. The number of hydrogen-bond donors (Lipinski definition) is 1. The Morgan fingerprint density at radius 2 is 2.00 bits per heavy atom. The Morgan fingerprint density at radius 3 is 2.65 bits per heavy atom. The van der Waals surface area contributed by atoms with Crippen LogP contribution in [0.2, 0.25) is 5.15 Å². The molecule has 0 radical (unpaired) electrons. The van der Waals surface area contributed by atoms with Gasteiger partial charge in [-0.25, -0.2) is 4.98 Å². The topological polar surface area (TPSA) is 85.1 Å². The molecule has 0 aliphatic heterocycles. The zero-order chi connectivity index (χ0) is 14.5. The van der Waals surface area contributed by atoms with E-state index in [9.17, 15) is 14.9 Å². The third-order valence-electron chi connectivity index (χ3n) is 2.60. The lowest BCUT2D eigenvalue weighted by Gasteiger charge is -2.06. The van der Waals surface area contributed by atoms with Gasteiger partial charge in [-0.05, 0) is 11.6 Å². The number of rotatable bonds is 4. The molecular weight excluding hydrogens is 282 g/mol. The summed E-state index contributed by atoms with van der Waals surface area (Å²) in [4.78, 5) is 25.8. The second-order valence-electron chi connectivity index (χ2n) is 3.92. The summed E-state index contributed by atoms with van der Waals surface area (Å²) in [6.45, 7) is 0.275. The molecule has 0 bridgehead atoms. The molecule has 2 aromatic rings. The predicted molar refractivity (Wildman–Crippen MR) is 73.5 cm³/mol. The van der Waals surface area contributed by atoms with Crippen LogP contribution >= 0.6 is 11.6 Å². The first-order valence-electron chi connectivity index (χ1n) is 5.70. The molecule has 0 atom stereocenters. The zero-order valence-electron chi connectivity index (χ0n) is 10.2. The normalized spacial score (nSPS) is 10.1. The number of nitrogens with one attached hydrogen (secondary N) is 1. The highest BCUT2D eigenvalue weighted by atomic mass is 35.5. The van der Waals surface area contributed by atoms with Crippen LogP contribution in [0.5, 0.6) is 0 Å². The summed E-state index contributed by atoms with van der Waals surface area (Å²) >= 11 is 5.65. The van der Waals surface area contributed by atoms with Crippen LogP contribution < -0.4 is 5.32 Å². The molecule has 1 heterocycles. The van der Waals surface area contributed by atoms with Crippen molar-refractivity contribution in [3.63, 3.8) is 0 Å². The van der Waals surface area contributed by atoms with Crippen LogP contribution in [0, 0.1) is 10.1 Å². The lowest BCUT2D eigenvalue weighted by molar-refractivity contribution is -0.385. The number of aromatic nitrogens is 1. The minimum absolute atomic E-state index is 0.106. The van der Waals surface area contributed by atoms with Crippen molar-refractivity contribution in [1.82, 2.24) is 10.3 Å². The summed E-state index contributed by atoms with van der Waals surface area (Å²) in [5, 5.41) is 13.2. The van der Waals surface area contributed by atoms with E-state index in [0.717, 1.165) is 5.56 Å². The number of halogens is 1. The highest BCUT2D eigenvalue weighted by Crippen LogP contribution is 2.25. The standard InChI is InChI=1S/C13H10ClN3O3/c14-12-11(17(19)20)10(6-7-15-12)13(18)16-8-9-4-2-1-3-5-9/h1-7H,8H2,(H,16,18). The molecule has 0 aliphatic carbocycles. The van der Waals surface area contributed by atoms with E-state index in [1.807, 2.05) is 30.3 Å². The molecule has 2 rings (SSSR count). The lowest BCUT2D eigenvalue weighted by Crippen LogP contribution is -2.23. The monoisotopic (exact) mass is 291 g/mol. The van der Waals surface area contributed by atoms with Crippen molar-refractivity contribution in [2.45, 2.75) is 6.54 Å². The first kappa shape index (κ1) is 14.0. The van der Waals surface area contributed by atoms with Crippen LogP contribution in [-0.2, 0) is 6.54 Å². The van der Waals surface area contributed by atoms with Crippen LogP contribution in [0.4, 0.5) is 5.69 Å². The van der Waals surface area contributed by atoms with Gasteiger partial charge in [0.25, 0.3) is 5.91 Å². The summed E-state index contributed by atoms with van der Waals surface area (Å²) in [5.74, 6) is -0.565. The first-order chi connectivity index (χ1) is 9.59. The van der Waals surface area contributed by atoms with Crippen molar-refractivity contribution < 1.29 is 9.72 Å². The van der Waals surface area contributed by atoms with E-state index in [2.05, 4.69) is 10.3 Å². The Kier molecular flexibility index (Phi) is 4.27. The number of pyridine rings is 1. The molecule has 0 aliphatic rings. The Balaban J connectivity index is 2.18. The van der Waals surface area contributed by atoms with Gasteiger partial charge in [-0.15, -0.1) is 0 Å². The fraction of sp³-hybridized carbons (Fsp3) is 0.0769. The fourth-order valence-electron chi connectivity index (χ4n) is 1.66. The van der Waals surface area contributed by atoms with Gasteiger partial charge in [0.1, 0.15) is 5.56 Å². The van der Waals surface area contributed by atoms with E-state index < -0.39 is 16.5 Å². The smallest absolute Gasteiger partial charge is 0.319 e.